The van der Waals surface area contributed by atoms with Crippen LogP contribution >= 0.6 is 0 Å². The topological polar surface area (TPSA) is 79.4 Å². The number of carbonyl (C=O) groups excluding carboxylic acids is 1. The Morgan fingerprint density at radius 2 is 2.00 bits per heavy atom. The van der Waals surface area contributed by atoms with Crippen molar-refractivity contribution in [3.05, 3.63) is 42.4 Å². The third-order valence-electron chi connectivity index (χ3n) is 4.10. The molecule has 2 N–H and O–H groups in total. The molecule has 1 saturated heterocycles. The van der Waals surface area contributed by atoms with Crippen LogP contribution in [0.15, 0.2) is 36.7 Å². The zero-order valence-corrected chi connectivity index (χ0v) is 15.2. The van der Waals surface area contributed by atoms with Crippen LogP contribution in [0.3, 0.4) is 0 Å². The first kappa shape index (κ1) is 18.1. The maximum atomic E-state index is 12.7. The molecule has 1 amide bonds. The van der Waals surface area contributed by atoms with E-state index in [-0.39, 0.29) is 5.91 Å². The van der Waals surface area contributed by atoms with Crippen LogP contribution in [0.5, 0.6) is 0 Å². The lowest BCUT2D eigenvalue weighted by molar-refractivity contribution is 0.102. The number of hydrogen-bond acceptors (Lipinski definition) is 6. The van der Waals surface area contributed by atoms with E-state index in [1.54, 1.807) is 6.07 Å². The van der Waals surface area contributed by atoms with Crippen molar-refractivity contribution in [2.75, 3.05) is 48.4 Å². The Bertz CT molecular complexity index is 744. The zero-order chi connectivity index (χ0) is 18.4. The number of hydrogen-bond donors (Lipinski definition) is 2. The number of morpholine rings is 1. The number of anilines is 3. The Labute approximate surface area is 153 Å². The zero-order valence-electron chi connectivity index (χ0n) is 15.2. The molecule has 7 heteroatoms. The van der Waals surface area contributed by atoms with E-state index >= 15 is 0 Å². The van der Waals surface area contributed by atoms with Gasteiger partial charge in [0.25, 0.3) is 5.91 Å². The Hall–Kier alpha value is -2.67. The third-order valence-corrected chi connectivity index (χ3v) is 4.10. The number of rotatable bonds is 6. The first-order valence-corrected chi connectivity index (χ1v) is 8.92. The molecule has 0 spiro atoms. The molecule has 1 aliphatic heterocycles. The van der Waals surface area contributed by atoms with Gasteiger partial charge in [-0.3, -0.25) is 4.79 Å². The highest BCUT2D eigenvalue weighted by Crippen LogP contribution is 2.26. The number of benzene rings is 1. The predicted octanol–water partition coefficient (Wildman–Crippen LogP) is 2.63. The van der Waals surface area contributed by atoms with Crippen LogP contribution in [0, 0.1) is 5.92 Å². The molecule has 1 aromatic carbocycles. The highest BCUT2D eigenvalue weighted by Gasteiger charge is 2.17. The maximum absolute atomic E-state index is 12.7. The number of nitrogens with one attached hydrogen (secondary N) is 2. The van der Waals surface area contributed by atoms with Crippen LogP contribution in [0.2, 0.25) is 0 Å². The first-order chi connectivity index (χ1) is 12.6. The molecular formula is C19H25N5O2. The lowest BCUT2D eigenvalue weighted by Crippen LogP contribution is -2.36. The van der Waals surface area contributed by atoms with Crippen molar-refractivity contribution in [3.8, 4) is 0 Å². The minimum Gasteiger partial charge on any atom is -0.378 e. The molecule has 26 heavy (non-hydrogen) atoms. The van der Waals surface area contributed by atoms with Crippen molar-refractivity contribution < 1.29 is 9.53 Å². The Balaban J connectivity index is 1.73. The SMILES string of the molecule is CC(C)CNc1cc(C(=O)Nc2ccccc2N2CCOCC2)ncn1. The lowest BCUT2D eigenvalue weighted by atomic mass is 10.2. The van der Waals surface area contributed by atoms with E-state index in [2.05, 4.69) is 39.3 Å². The van der Waals surface area contributed by atoms with E-state index in [0.717, 1.165) is 31.0 Å². The number of amides is 1. The second-order valence-corrected chi connectivity index (χ2v) is 6.63. The van der Waals surface area contributed by atoms with Crippen LogP contribution in [0.1, 0.15) is 24.3 Å². The minimum absolute atomic E-state index is 0.249. The number of para-hydroxylation sites is 2. The van der Waals surface area contributed by atoms with Crippen molar-refractivity contribution in [2.45, 2.75) is 13.8 Å². The summed E-state index contributed by atoms with van der Waals surface area (Å²) >= 11 is 0. The summed E-state index contributed by atoms with van der Waals surface area (Å²) in [6, 6.07) is 9.47. The van der Waals surface area contributed by atoms with Gasteiger partial charge < -0.3 is 20.3 Å². The summed E-state index contributed by atoms with van der Waals surface area (Å²) in [5.74, 6) is 0.892. The summed E-state index contributed by atoms with van der Waals surface area (Å²) in [5.41, 5.74) is 2.11. The predicted molar refractivity (Wildman–Crippen MR) is 103 cm³/mol. The molecule has 3 rings (SSSR count). The van der Waals surface area contributed by atoms with Gasteiger partial charge in [0.1, 0.15) is 17.8 Å². The summed E-state index contributed by atoms with van der Waals surface area (Å²) in [6.07, 6.45) is 1.41. The molecule has 1 fully saturated rings. The highest BCUT2D eigenvalue weighted by molar-refractivity contribution is 6.05. The normalized spacial score (nSPS) is 14.3. The third kappa shape index (κ3) is 4.70. The molecule has 0 aliphatic carbocycles. The van der Waals surface area contributed by atoms with E-state index in [1.165, 1.54) is 6.33 Å². The van der Waals surface area contributed by atoms with Crippen LogP contribution in [-0.2, 0) is 4.74 Å². The largest absolute Gasteiger partial charge is 0.378 e. The van der Waals surface area contributed by atoms with Crippen molar-refractivity contribution >= 4 is 23.1 Å². The molecule has 0 unspecified atom stereocenters. The van der Waals surface area contributed by atoms with Crippen molar-refractivity contribution in [1.82, 2.24) is 9.97 Å². The van der Waals surface area contributed by atoms with Gasteiger partial charge in [0, 0.05) is 25.7 Å². The molecule has 7 nitrogen and oxygen atoms in total. The summed E-state index contributed by atoms with van der Waals surface area (Å²) in [5, 5.41) is 6.19. The van der Waals surface area contributed by atoms with Gasteiger partial charge in [-0.2, -0.15) is 0 Å². The summed E-state index contributed by atoms with van der Waals surface area (Å²) in [7, 11) is 0. The molecule has 0 bridgehead atoms. The number of aromatic nitrogens is 2. The van der Waals surface area contributed by atoms with Gasteiger partial charge in [0.2, 0.25) is 0 Å². The van der Waals surface area contributed by atoms with Crippen molar-refractivity contribution in [3.63, 3.8) is 0 Å². The molecule has 138 valence electrons. The fourth-order valence-electron chi connectivity index (χ4n) is 2.73. The maximum Gasteiger partial charge on any atom is 0.274 e. The summed E-state index contributed by atoms with van der Waals surface area (Å²) in [6.45, 7) is 8.03. The van der Waals surface area contributed by atoms with Crippen LogP contribution < -0.4 is 15.5 Å². The smallest absolute Gasteiger partial charge is 0.274 e. The molecule has 1 aliphatic rings. The molecule has 2 aromatic rings. The number of nitrogens with zero attached hydrogens (tertiary/aromatic N) is 3. The van der Waals surface area contributed by atoms with Gasteiger partial charge in [0.15, 0.2) is 0 Å². The van der Waals surface area contributed by atoms with Crippen LogP contribution in [0.4, 0.5) is 17.2 Å². The summed E-state index contributed by atoms with van der Waals surface area (Å²) < 4.78 is 5.41. The van der Waals surface area contributed by atoms with E-state index in [1.807, 2.05) is 24.3 Å². The van der Waals surface area contributed by atoms with Gasteiger partial charge in [-0.25, -0.2) is 9.97 Å². The van der Waals surface area contributed by atoms with Gasteiger partial charge >= 0.3 is 0 Å². The quantitative estimate of drug-likeness (QED) is 0.829. The van der Waals surface area contributed by atoms with E-state index in [9.17, 15) is 4.79 Å². The van der Waals surface area contributed by atoms with E-state index in [0.29, 0.717) is 30.6 Å². The van der Waals surface area contributed by atoms with Gasteiger partial charge in [-0.1, -0.05) is 26.0 Å². The summed E-state index contributed by atoms with van der Waals surface area (Å²) in [4.78, 5) is 23.2. The molecule has 0 radical (unpaired) electrons. The average Bonchev–Trinajstić information content (AvgIpc) is 2.68. The Morgan fingerprint density at radius 1 is 1.23 bits per heavy atom. The average molecular weight is 355 g/mol. The highest BCUT2D eigenvalue weighted by atomic mass is 16.5. The van der Waals surface area contributed by atoms with Crippen molar-refractivity contribution in [2.24, 2.45) is 5.92 Å². The van der Waals surface area contributed by atoms with Gasteiger partial charge in [0.05, 0.1) is 24.6 Å². The van der Waals surface area contributed by atoms with E-state index in [4.69, 9.17) is 4.74 Å². The molecule has 1 aromatic heterocycles. The lowest BCUT2D eigenvalue weighted by Gasteiger charge is -2.30. The first-order valence-electron chi connectivity index (χ1n) is 8.92. The van der Waals surface area contributed by atoms with Gasteiger partial charge in [-0.05, 0) is 18.1 Å². The molecule has 2 heterocycles. The van der Waals surface area contributed by atoms with E-state index < -0.39 is 0 Å². The standard InChI is InChI=1S/C19H25N5O2/c1-14(2)12-20-18-11-16(21-13-22-18)19(25)23-15-5-3-4-6-17(15)24-7-9-26-10-8-24/h3-6,11,13-14H,7-10,12H2,1-2H3,(H,23,25)(H,20,21,22). The van der Waals surface area contributed by atoms with Crippen LogP contribution in [-0.4, -0.2) is 48.7 Å². The Kier molecular flexibility index (Phi) is 6.01. The van der Waals surface area contributed by atoms with Gasteiger partial charge in [-0.15, -0.1) is 0 Å². The fraction of sp³-hybridized carbons (Fsp3) is 0.421. The number of carbonyl (C=O) groups is 1. The Morgan fingerprint density at radius 3 is 2.77 bits per heavy atom. The molecular weight excluding hydrogens is 330 g/mol. The fourth-order valence-corrected chi connectivity index (χ4v) is 2.73. The van der Waals surface area contributed by atoms with Crippen LogP contribution in [0.25, 0.3) is 0 Å². The molecule has 0 atom stereocenters. The minimum atomic E-state index is -0.249. The second-order valence-electron chi connectivity index (χ2n) is 6.63. The number of ether oxygens (including phenoxy) is 1. The van der Waals surface area contributed by atoms with Crippen molar-refractivity contribution in [1.29, 1.82) is 0 Å². The molecule has 0 saturated carbocycles. The monoisotopic (exact) mass is 355 g/mol. The second kappa shape index (κ2) is 8.62.